The zero-order valence-electron chi connectivity index (χ0n) is 12.1. The summed E-state index contributed by atoms with van der Waals surface area (Å²) < 4.78 is 10.8. The van der Waals surface area contributed by atoms with E-state index in [-0.39, 0.29) is 0 Å². The number of hydrogen-bond donors (Lipinski definition) is 1. The monoisotopic (exact) mass is 283 g/mol. The van der Waals surface area contributed by atoms with E-state index in [0.717, 1.165) is 18.1 Å². The Kier molecular flexibility index (Phi) is 4.99. The number of nitriles is 1. The molecule has 0 spiro atoms. The highest BCUT2D eigenvalue weighted by Gasteiger charge is 2.04. The van der Waals surface area contributed by atoms with Crippen molar-refractivity contribution in [2.45, 2.75) is 13.5 Å². The minimum absolute atomic E-state index is 0.331. The summed E-state index contributed by atoms with van der Waals surface area (Å²) in [6.07, 6.45) is 0. The molecule has 108 valence electrons. The zero-order chi connectivity index (χ0) is 15.1. The SMILES string of the molecule is CCNc1cccc(COc2cc(C#N)cc(OC)c2)n1. The number of methoxy groups -OCH3 is 1. The van der Waals surface area contributed by atoms with Crippen molar-refractivity contribution in [1.82, 2.24) is 4.98 Å². The normalized spacial score (nSPS) is 9.76. The number of anilines is 1. The summed E-state index contributed by atoms with van der Waals surface area (Å²) in [5, 5.41) is 12.1. The maximum Gasteiger partial charge on any atom is 0.130 e. The quantitative estimate of drug-likeness (QED) is 0.882. The number of aromatic nitrogens is 1. The number of rotatable bonds is 6. The summed E-state index contributed by atoms with van der Waals surface area (Å²) in [5.74, 6) is 2.00. The lowest BCUT2D eigenvalue weighted by Crippen LogP contribution is -2.03. The second kappa shape index (κ2) is 7.15. The van der Waals surface area contributed by atoms with E-state index in [9.17, 15) is 0 Å². The van der Waals surface area contributed by atoms with Gasteiger partial charge < -0.3 is 14.8 Å². The molecule has 5 nitrogen and oxygen atoms in total. The first kappa shape index (κ1) is 14.7. The van der Waals surface area contributed by atoms with Crippen LogP contribution >= 0.6 is 0 Å². The van der Waals surface area contributed by atoms with Crippen LogP contribution in [-0.4, -0.2) is 18.6 Å². The second-order valence-electron chi connectivity index (χ2n) is 4.34. The summed E-state index contributed by atoms with van der Waals surface area (Å²) in [6.45, 7) is 3.17. The molecule has 1 N–H and O–H groups in total. The third-order valence-electron chi connectivity index (χ3n) is 2.80. The van der Waals surface area contributed by atoms with Gasteiger partial charge in [-0.1, -0.05) is 6.07 Å². The van der Waals surface area contributed by atoms with E-state index in [1.54, 1.807) is 25.3 Å². The molecule has 5 heteroatoms. The fourth-order valence-corrected chi connectivity index (χ4v) is 1.83. The number of pyridine rings is 1. The van der Waals surface area contributed by atoms with Crippen LogP contribution in [0.25, 0.3) is 0 Å². The molecule has 0 aliphatic heterocycles. The van der Waals surface area contributed by atoms with Gasteiger partial charge in [0.25, 0.3) is 0 Å². The molecule has 0 unspecified atom stereocenters. The fraction of sp³-hybridized carbons (Fsp3) is 0.250. The summed E-state index contributed by atoms with van der Waals surface area (Å²) in [7, 11) is 1.56. The third-order valence-corrected chi connectivity index (χ3v) is 2.80. The Labute approximate surface area is 124 Å². The Hall–Kier alpha value is -2.74. The van der Waals surface area contributed by atoms with Gasteiger partial charge in [-0.2, -0.15) is 5.26 Å². The lowest BCUT2D eigenvalue weighted by molar-refractivity contribution is 0.299. The number of nitrogens with zero attached hydrogens (tertiary/aromatic N) is 2. The first-order chi connectivity index (χ1) is 10.2. The summed E-state index contributed by atoms with van der Waals surface area (Å²) in [6, 6.07) is 12.9. The van der Waals surface area contributed by atoms with Gasteiger partial charge in [0.2, 0.25) is 0 Å². The molecule has 2 rings (SSSR count). The van der Waals surface area contributed by atoms with Crippen molar-refractivity contribution in [3.8, 4) is 17.6 Å². The van der Waals surface area contributed by atoms with E-state index in [1.165, 1.54) is 0 Å². The Balaban J connectivity index is 2.09. The lowest BCUT2D eigenvalue weighted by Gasteiger charge is -2.09. The molecule has 0 bridgehead atoms. The van der Waals surface area contributed by atoms with Gasteiger partial charge in [0, 0.05) is 12.6 Å². The van der Waals surface area contributed by atoms with Crippen LogP contribution in [-0.2, 0) is 6.61 Å². The van der Waals surface area contributed by atoms with E-state index in [0.29, 0.717) is 23.7 Å². The van der Waals surface area contributed by atoms with Crippen molar-refractivity contribution >= 4 is 5.82 Å². The Morgan fingerprint density at radius 1 is 1.24 bits per heavy atom. The first-order valence-electron chi connectivity index (χ1n) is 6.67. The smallest absolute Gasteiger partial charge is 0.130 e. The van der Waals surface area contributed by atoms with Crippen molar-refractivity contribution < 1.29 is 9.47 Å². The molecule has 0 aliphatic carbocycles. The van der Waals surface area contributed by atoms with E-state index >= 15 is 0 Å². The van der Waals surface area contributed by atoms with Crippen LogP contribution in [0.1, 0.15) is 18.2 Å². The van der Waals surface area contributed by atoms with Gasteiger partial charge >= 0.3 is 0 Å². The topological polar surface area (TPSA) is 67.2 Å². The Morgan fingerprint density at radius 2 is 2.05 bits per heavy atom. The van der Waals surface area contributed by atoms with Gasteiger partial charge in [0.05, 0.1) is 24.4 Å². The number of hydrogen-bond acceptors (Lipinski definition) is 5. The summed E-state index contributed by atoms with van der Waals surface area (Å²) in [4.78, 5) is 4.43. The molecule has 0 amide bonds. The zero-order valence-corrected chi connectivity index (χ0v) is 12.1. The minimum atomic E-state index is 0.331. The first-order valence-corrected chi connectivity index (χ1v) is 6.67. The third kappa shape index (κ3) is 4.11. The predicted molar refractivity (Wildman–Crippen MR) is 80.4 cm³/mol. The highest BCUT2D eigenvalue weighted by molar-refractivity contribution is 5.44. The largest absolute Gasteiger partial charge is 0.497 e. The van der Waals surface area contributed by atoms with Crippen molar-refractivity contribution in [1.29, 1.82) is 5.26 Å². The number of benzene rings is 1. The van der Waals surface area contributed by atoms with E-state index in [2.05, 4.69) is 16.4 Å². The Bertz CT molecular complexity index is 650. The fourth-order valence-electron chi connectivity index (χ4n) is 1.83. The molecule has 2 aromatic rings. The van der Waals surface area contributed by atoms with Crippen LogP contribution in [0.3, 0.4) is 0 Å². The summed E-state index contributed by atoms with van der Waals surface area (Å²) >= 11 is 0. The molecule has 1 aromatic heterocycles. The second-order valence-corrected chi connectivity index (χ2v) is 4.34. The molecular formula is C16H17N3O2. The van der Waals surface area contributed by atoms with Crippen LogP contribution < -0.4 is 14.8 Å². The average Bonchev–Trinajstić information content (AvgIpc) is 2.53. The van der Waals surface area contributed by atoms with Crippen molar-refractivity contribution in [2.75, 3.05) is 19.0 Å². The molecule has 0 fully saturated rings. The average molecular weight is 283 g/mol. The molecule has 0 saturated heterocycles. The molecule has 0 atom stereocenters. The van der Waals surface area contributed by atoms with Crippen LogP contribution in [0.15, 0.2) is 36.4 Å². The maximum atomic E-state index is 8.98. The van der Waals surface area contributed by atoms with Crippen LogP contribution in [0.5, 0.6) is 11.5 Å². The number of ether oxygens (including phenoxy) is 2. The van der Waals surface area contributed by atoms with Gasteiger partial charge in [-0.15, -0.1) is 0 Å². The minimum Gasteiger partial charge on any atom is -0.497 e. The highest BCUT2D eigenvalue weighted by atomic mass is 16.5. The van der Waals surface area contributed by atoms with Crippen molar-refractivity contribution in [2.24, 2.45) is 0 Å². The highest BCUT2D eigenvalue weighted by Crippen LogP contribution is 2.23. The molecule has 1 aromatic carbocycles. The van der Waals surface area contributed by atoms with Crippen molar-refractivity contribution in [3.63, 3.8) is 0 Å². The molecule has 0 aliphatic rings. The van der Waals surface area contributed by atoms with Gasteiger partial charge in [0.15, 0.2) is 0 Å². The standard InChI is InChI=1S/C16H17N3O2/c1-3-18-16-6-4-5-13(19-16)11-21-15-8-12(10-17)7-14(9-15)20-2/h4-9H,3,11H2,1-2H3,(H,18,19). The maximum absolute atomic E-state index is 8.98. The molecule has 0 radical (unpaired) electrons. The van der Waals surface area contributed by atoms with Crippen LogP contribution in [0, 0.1) is 11.3 Å². The molecule has 21 heavy (non-hydrogen) atoms. The summed E-state index contributed by atoms with van der Waals surface area (Å²) in [5.41, 5.74) is 1.31. The van der Waals surface area contributed by atoms with E-state index < -0.39 is 0 Å². The van der Waals surface area contributed by atoms with Gasteiger partial charge in [-0.05, 0) is 31.2 Å². The Morgan fingerprint density at radius 3 is 2.76 bits per heavy atom. The van der Waals surface area contributed by atoms with Gasteiger partial charge in [-0.25, -0.2) is 4.98 Å². The van der Waals surface area contributed by atoms with E-state index in [4.69, 9.17) is 14.7 Å². The predicted octanol–water partition coefficient (Wildman–Crippen LogP) is 2.97. The lowest BCUT2D eigenvalue weighted by atomic mass is 10.2. The van der Waals surface area contributed by atoms with Gasteiger partial charge in [0.1, 0.15) is 23.9 Å². The van der Waals surface area contributed by atoms with Crippen molar-refractivity contribution in [3.05, 3.63) is 47.7 Å². The van der Waals surface area contributed by atoms with Gasteiger partial charge in [-0.3, -0.25) is 0 Å². The van der Waals surface area contributed by atoms with Crippen LogP contribution in [0.4, 0.5) is 5.82 Å². The number of nitrogens with one attached hydrogen (secondary N) is 1. The molecule has 0 saturated carbocycles. The molecular weight excluding hydrogens is 266 g/mol. The van der Waals surface area contributed by atoms with E-state index in [1.807, 2.05) is 25.1 Å². The van der Waals surface area contributed by atoms with Crippen LogP contribution in [0.2, 0.25) is 0 Å². The molecule has 1 heterocycles.